The maximum absolute atomic E-state index is 2.30. The average Bonchev–Trinajstić information content (AvgIpc) is 2.02. The number of rotatable bonds is 3. The van der Waals surface area contributed by atoms with E-state index in [0.29, 0.717) is 0 Å². The van der Waals surface area contributed by atoms with Crippen LogP contribution in [-0.2, 0) is 0 Å². The van der Waals surface area contributed by atoms with Gasteiger partial charge in [0.1, 0.15) is 0 Å². The maximum Gasteiger partial charge on any atom is -0.0213 e. The fourth-order valence-electron chi connectivity index (χ4n) is 1.71. The molecule has 0 spiro atoms. The maximum atomic E-state index is 2.30. The molecule has 0 aromatic heterocycles. The smallest absolute Gasteiger partial charge is 0.0213 e. The lowest BCUT2D eigenvalue weighted by Crippen LogP contribution is -2.06. The van der Waals surface area contributed by atoms with Crippen molar-refractivity contribution in [2.24, 2.45) is 0 Å². The third-order valence-electron chi connectivity index (χ3n) is 2.23. The summed E-state index contributed by atoms with van der Waals surface area (Å²) in [6.45, 7) is 8.90. The number of benzene rings is 1. The summed E-state index contributed by atoms with van der Waals surface area (Å²) in [6, 6.07) is 4.59. The van der Waals surface area contributed by atoms with Gasteiger partial charge in [-0.05, 0) is 43.4 Å². The second-order valence-electron chi connectivity index (χ2n) is 3.70. The normalized spacial score (nSPS) is 11.4. The summed E-state index contributed by atoms with van der Waals surface area (Å²) < 4.78 is 0. The minimum Gasteiger partial charge on any atom is -0.0898 e. The Hall–Kier alpha value is -0.350. The Kier molecular flexibility index (Phi) is 3.93. The molecule has 1 aromatic rings. The van der Waals surface area contributed by atoms with E-state index in [0.717, 1.165) is 8.58 Å². The SMILES string of the molecule is CCCPc1c(C)cc(C)cc1C. The van der Waals surface area contributed by atoms with Crippen molar-refractivity contribution >= 4 is 13.9 Å². The minimum atomic E-state index is 0.999. The standard InChI is InChI=1S/C12H19P/c1-5-6-13-12-10(3)7-9(2)8-11(12)4/h7-8,13H,5-6H2,1-4H3. The van der Waals surface area contributed by atoms with Crippen LogP contribution >= 0.6 is 8.58 Å². The molecule has 72 valence electrons. The van der Waals surface area contributed by atoms with Crippen LogP contribution in [0.25, 0.3) is 0 Å². The lowest BCUT2D eigenvalue weighted by Gasteiger charge is -2.10. The summed E-state index contributed by atoms with van der Waals surface area (Å²) in [5.74, 6) is 0. The average molecular weight is 194 g/mol. The van der Waals surface area contributed by atoms with E-state index in [9.17, 15) is 0 Å². The minimum absolute atomic E-state index is 0.999. The van der Waals surface area contributed by atoms with Crippen LogP contribution in [0, 0.1) is 20.8 Å². The Morgan fingerprint density at radius 2 is 1.62 bits per heavy atom. The molecule has 0 saturated carbocycles. The zero-order valence-corrected chi connectivity index (χ0v) is 10.1. The molecule has 0 bridgehead atoms. The van der Waals surface area contributed by atoms with E-state index in [1.54, 1.807) is 5.30 Å². The van der Waals surface area contributed by atoms with Gasteiger partial charge >= 0.3 is 0 Å². The van der Waals surface area contributed by atoms with Gasteiger partial charge in [0, 0.05) is 0 Å². The molecule has 1 unspecified atom stereocenters. The summed E-state index contributed by atoms with van der Waals surface area (Å²) in [5, 5.41) is 1.59. The molecule has 0 amide bonds. The molecule has 0 saturated heterocycles. The third kappa shape index (κ3) is 2.81. The molecule has 0 fully saturated rings. The molecule has 0 aliphatic heterocycles. The van der Waals surface area contributed by atoms with Crippen molar-refractivity contribution in [1.82, 2.24) is 0 Å². The zero-order valence-electron chi connectivity index (χ0n) is 9.07. The van der Waals surface area contributed by atoms with Crippen LogP contribution < -0.4 is 5.30 Å². The molecule has 1 aromatic carbocycles. The van der Waals surface area contributed by atoms with Crippen LogP contribution in [0.4, 0.5) is 0 Å². The van der Waals surface area contributed by atoms with Gasteiger partial charge in [0.25, 0.3) is 0 Å². The first-order valence-electron chi connectivity index (χ1n) is 4.97. The van der Waals surface area contributed by atoms with E-state index in [2.05, 4.69) is 39.8 Å². The second kappa shape index (κ2) is 4.77. The largest absolute Gasteiger partial charge is 0.0898 e. The molecular formula is C12H19P. The van der Waals surface area contributed by atoms with Crippen LogP contribution in [-0.4, -0.2) is 6.16 Å². The van der Waals surface area contributed by atoms with E-state index < -0.39 is 0 Å². The highest BCUT2D eigenvalue weighted by atomic mass is 31.1. The van der Waals surface area contributed by atoms with Gasteiger partial charge in [-0.2, -0.15) is 0 Å². The van der Waals surface area contributed by atoms with E-state index in [-0.39, 0.29) is 0 Å². The Morgan fingerprint density at radius 1 is 1.08 bits per heavy atom. The van der Waals surface area contributed by atoms with Crippen molar-refractivity contribution in [1.29, 1.82) is 0 Å². The highest BCUT2D eigenvalue weighted by Gasteiger charge is 2.02. The summed E-state index contributed by atoms with van der Waals surface area (Å²) in [7, 11) is 0.999. The van der Waals surface area contributed by atoms with Crippen LogP contribution in [0.2, 0.25) is 0 Å². The van der Waals surface area contributed by atoms with Gasteiger partial charge in [-0.1, -0.05) is 39.6 Å². The lowest BCUT2D eigenvalue weighted by molar-refractivity contribution is 1.10. The quantitative estimate of drug-likeness (QED) is 0.647. The fraction of sp³-hybridized carbons (Fsp3) is 0.500. The molecule has 0 aliphatic rings. The first kappa shape index (κ1) is 10.7. The van der Waals surface area contributed by atoms with Crippen molar-refractivity contribution < 1.29 is 0 Å². The van der Waals surface area contributed by atoms with E-state index >= 15 is 0 Å². The molecule has 13 heavy (non-hydrogen) atoms. The van der Waals surface area contributed by atoms with Gasteiger partial charge in [0.15, 0.2) is 0 Å². The first-order chi connectivity index (χ1) is 6.15. The van der Waals surface area contributed by atoms with Crippen LogP contribution in [0.5, 0.6) is 0 Å². The van der Waals surface area contributed by atoms with Crippen molar-refractivity contribution in [3.05, 3.63) is 28.8 Å². The zero-order chi connectivity index (χ0) is 9.84. The van der Waals surface area contributed by atoms with Crippen LogP contribution in [0.1, 0.15) is 30.0 Å². The molecule has 1 rings (SSSR count). The summed E-state index contributed by atoms with van der Waals surface area (Å²) >= 11 is 0. The monoisotopic (exact) mass is 194 g/mol. The van der Waals surface area contributed by atoms with Crippen LogP contribution in [0.3, 0.4) is 0 Å². The van der Waals surface area contributed by atoms with Gasteiger partial charge in [0.05, 0.1) is 0 Å². The topological polar surface area (TPSA) is 0 Å². The Labute approximate surface area is 83.5 Å². The van der Waals surface area contributed by atoms with Crippen LogP contribution in [0.15, 0.2) is 12.1 Å². The molecule has 0 nitrogen and oxygen atoms in total. The third-order valence-corrected chi connectivity index (χ3v) is 4.12. The highest BCUT2D eigenvalue weighted by Crippen LogP contribution is 2.18. The molecule has 0 aliphatic carbocycles. The molecule has 0 heterocycles. The van der Waals surface area contributed by atoms with Crippen molar-refractivity contribution in [2.45, 2.75) is 34.1 Å². The lowest BCUT2D eigenvalue weighted by atomic mass is 10.1. The molecule has 1 atom stereocenters. The van der Waals surface area contributed by atoms with Crippen molar-refractivity contribution in [3.8, 4) is 0 Å². The number of hydrogen-bond acceptors (Lipinski definition) is 0. The predicted octanol–water partition coefficient (Wildman–Crippen LogP) is 3.33. The summed E-state index contributed by atoms with van der Waals surface area (Å²) in [5.41, 5.74) is 4.34. The van der Waals surface area contributed by atoms with Gasteiger partial charge in [-0.25, -0.2) is 0 Å². The Bertz CT molecular complexity index is 266. The molecule has 0 N–H and O–H groups in total. The van der Waals surface area contributed by atoms with Gasteiger partial charge in [-0.15, -0.1) is 0 Å². The molecule has 0 radical (unpaired) electrons. The van der Waals surface area contributed by atoms with Gasteiger partial charge in [-0.3, -0.25) is 0 Å². The molecule has 1 heteroatoms. The van der Waals surface area contributed by atoms with Crippen molar-refractivity contribution in [3.63, 3.8) is 0 Å². The number of aryl methyl sites for hydroxylation is 3. The summed E-state index contributed by atoms with van der Waals surface area (Å²) in [4.78, 5) is 0. The second-order valence-corrected chi connectivity index (χ2v) is 5.05. The van der Waals surface area contributed by atoms with Gasteiger partial charge < -0.3 is 0 Å². The Balaban J connectivity index is 2.92. The van der Waals surface area contributed by atoms with Crippen molar-refractivity contribution in [2.75, 3.05) is 6.16 Å². The predicted molar refractivity (Wildman–Crippen MR) is 63.8 cm³/mol. The summed E-state index contributed by atoms with van der Waals surface area (Å²) in [6.07, 6.45) is 2.63. The first-order valence-corrected chi connectivity index (χ1v) is 6.17. The fourth-order valence-corrected chi connectivity index (χ4v) is 2.91. The van der Waals surface area contributed by atoms with E-state index in [1.807, 2.05) is 0 Å². The van der Waals surface area contributed by atoms with Gasteiger partial charge in [0.2, 0.25) is 0 Å². The molecular weight excluding hydrogens is 175 g/mol. The van der Waals surface area contributed by atoms with E-state index in [1.165, 1.54) is 29.3 Å². The van der Waals surface area contributed by atoms with E-state index in [4.69, 9.17) is 0 Å². The Morgan fingerprint density at radius 3 is 2.08 bits per heavy atom. The highest BCUT2D eigenvalue weighted by molar-refractivity contribution is 7.47. The number of hydrogen-bond donors (Lipinski definition) is 0.